The molecule has 1 atom stereocenters. The van der Waals surface area contributed by atoms with E-state index in [9.17, 15) is 4.79 Å². The summed E-state index contributed by atoms with van der Waals surface area (Å²) in [6.45, 7) is 5.22. The van der Waals surface area contributed by atoms with Gasteiger partial charge in [0.2, 0.25) is 5.91 Å². The largest absolute Gasteiger partial charge is 0.346 e. The molecule has 0 fully saturated rings. The Balaban J connectivity index is 1.67. The Labute approximate surface area is 174 Å². The van der Waals surface area contributed by atoms with Crippen LogP contribution in [-0.4, -0.2) is 15.5 Å². The van der Waals surface area contributed by atoms with Gasteiger partial charge in [-0.1, -0.05) is 81.5 Å². The van der Waals surface area contributed by atoms with E-state index in [4.69, 9.17) is 4.98 Å². The van der Waals surface area contributed by atoms with E-state index in [-0.39, 0.29) is 11.9 Å². The summed E-state index contributed by atoms with van der Waals surface area (Å²) in [5.74, 6) is 0.975. The minimum absolute atomic E-state index is 0.0295. The van der Waals surface area contributed by atoms with Crippen LogP contribution in [0.5, 0.6) is 0 Å². The normalized spacial score (nSPS) is 12.2. The summed E-state index contributed by atoms with van der Waals surface area (Å²) in [6, 6.07) is 18.0. The molecule has 0 radical (unpaired) electrons. The van der Waals surface area contributed by atoms with E-state index in [0.29, 0.717) is 6.42 Å². The molecule has 0 aliphatic rings. The predicted octanol–water partition coefficient (Wildman–Crippen LogP) is 5.82. The van der Waals surface area contributed by atoms with E-state index in [0.717, 1.165) is 35.4 Å². The highest BCUT2D eigenvalue weighted by molar-refractivity contribution is 5.79. The molecular formula is C25H33N3O. The average Bonchev–Trinajstić information content (AvgIpc) is 3.10. The van der Waals surface area contributed by atoms with E-state index in [1.807, 2.05) is 43.3 Å². The molecule has 2 aromatic carbocycles. The van der Waals surface area contributed by atoms with Gasteiger partial charge in [-0.3, -0.25) is 4.79 Å². The predicted molar refractivity (Wildman–Crippen MR) is 120 cm³/mol. The highest BCUT2D eigenvalue weighted by Crippen LogP contribution is 2.22. The molecule has 0 spiro atoms. The number of carbonyl (C=O) groups is 1. The zero-order valence-corrected chi connectivity index (χ0v) is 17.7. The standard InChI is InChI=1S/C25H33N3O/c1-3-4-5-6-7-13-18-28-23-17-12-11-16-22(23)27-25(28)20(2)26-24(29)19-21-14-9-8-10-15-21/h8-12,14-17,20H,3-7,13,18-19H2,1-2H3,(H,26,29). The smallest absolute Gasteiger partial charge is 0.224 e. The van der Waals surface area contributed by atoms with Gasteiger partial charge in [-0.25, -0.2) is 4.98 Å². The van der Waals surface area contributed by atoms with Gasteiger partial charge in [0.05, 0.1) is 23.5 Å². The maximum atomic E-state index is 12.5. The van der Waals surface area contributed by atoms with Crippen molar-refractivity contribution in [1.82, 2.24) is 14.9 Å². The molecule has 0 saturated heterocycles. The second kappa shape index (κ2) is 10.8. The summed E-state index contributed by atoms with van der Waals surface area (Å²) >= 11 is 0. The zero-order valence-electron chi connectivity index (χ0n) is 17.7. The van der Waals surface area contributed by atoms with Crippen molar-refractivity contribution in [3.63, 3.8) is 0 Å². The summed E-state index contributed by atoms with van der Waals surface area (Å²) in [5, 5.41) is 3.14. The molecule has 1 aromatic heterocycles. The van der Waals surface area contributed by atoms with Gasteiger partial charge in [0, 0.05) is 6.54 Å². The van der Waals surface area contributed by atoms with Crippen LogP contribution in [0.2, 0.25) is 0 Å². The van der Waals surface area contributed by atoms with Crippen LogP contribution in [-0.2, 0) is 17.8 Å². The maximum Gasteiger partial charge on any atom is 0.224 e. The maximum absolute atomic E-state index is 12.5. The second-order valence-corrected chi connectivity index (χ2v) is 7.83. The molecule has 1 N–H and O–H groups in total. The highest BCUT2D eigenvalue weighted by atomic mass is 16.1. The molecule has 0 bridgehead atoms. The van der Waals surface area contributed by atoms with Gasteiger partial charge in [-0.15, -0.1) is 0 Å². The SMILES string of the molecule is CCCCCCCCn1c(C(C)NC(=O)Cc2ccccc2)nc2ccccc21. The Kier molecular flexibility index (Phi) is 7.85. The molecule has 29 heavy (non-hydrogen) atoms. The van der Waals surface area contributed by atoms with E-state index in [1.165, 1.54) is 32.1 Å². The molecule has 1 amide bonds. The van der Waals surface area contributed by atoms with Crippen molar-refractivity contribution in [2.24, 2.45) is 0 Å². The number of nitrogens with zero attached hydrogens (tertiary/aromatic N) is 2. The van der Waals surface area contributed by atoms with Gasteiger partial charge in [0.1, 0.15) is 5.82 Å². The lowest BCUT2D eigenvalue weighted by Gasteiger charge is -2.16. The quantitative estimate of drug-likeness (QED) is 0.419. The average molecular weight is 392 g/mol. The van der Waals surface area contributed by atoms with Crippen LogP contribution in [0.4, 0.5) is 0 Å². The van der Waals surface area contributed by atoms with Gasteiger partial charge in [-0.05, 0) is 31.0 Å². The number of hydrogen-bond acceptors (Lipinski definition) is 2. The second-order valence-electron chi connectivity index (χ2n) is 7.83. The van der Waals surface area contributed by atoms with Crippen LogP contribution in [0, 0.1) is 0 Å². The van der Waals surface area contributed by atoms with Crippen molar-refractivity contribution in [2.45, 2.75) is 71.4 Å². The molecule has 4 heteroatoms. The first-order valence-corrected chi connectivity index (χ1v) is 11.0. The van der Waals surface area contributed by atoms with Gasteiger partial charge in [0.25, 0.3) is 0 Å². The van der Waals surface area contributed by atoms with E-state index in [2.05, 4.69) is 35.0 Å². The third-order valence-electron chi connectivity index (χ3n) is 5.39. The topological polar surface area (TPSA) is 46.9 Å². The number of aryl methyl sites for hydroxylation is 1. The minimum Gasteiger partial charge on any atom is -0.346 e. The Bertz CT molecular complexity index is 901. The monoisotopic (exact) mass is 391 g/mol. The zero-order chi connectivity index (χ0) is 20.5. The minimum atomic E-state index is -0.126. The highest BCUT2D eigenvalue weighted by Gasteiger charge is 2.18. The Morgan fingerprint density at radius 1 is 0.966 bits per heavy atom. The third-order valence-corrected chi connectivity index (χ3v) is 5.39. The Hall–Kier alpha value is -2.62. The fourth-order valence-electron chi connectivity index (χ4n) is 3.85. The molecule has 3 rings (SSSR count). The summed E-state index contributed by atoms with van der Waals surface area (Å²) in [5.41, 5.74) is 3.18. The number of aromatic nitrogens is 2. The molecule has 1 unspecified atom stereocenters. The number of rotatable bonds is 11. The summed E-state index contributed by atoms with van der Waals surface area (Å²) < 4.78 is 2.29. The molecule has 0 aliphatic carbocycles. The lowest BCUT2D eigenvalue weighted by atomic mass is 10.1. The molecule has 3 aromatic rings. The number of hydrogen-bond donors (Lipinski definition) is 1. The summed E-state index contributed by atoms with van der Waals surface area (Å²) in [4.78, 5) is 17.4. The van der Waals surface area contributed by atoms with E-state index < -0.39 is 0 Å². The molecule has 154 valence electrons. The van der Waals surface area contributed by atoms with Crippen LogP contribution in [0.1, 0.15) is 69.8 Å². The summed E-state index contributed by atoms with van der Waals surface area (Å²) in [6.07, 6.45) is 7.98. The number of fused-ring (bicyclic) bond motifs is 1. The number of carbonyl (C=O) groups excluding carboxylic acids is 1. The lowest BCUT2D eigenvalue weighted by molar-refractivity contribution is -0.121. The molecular weight excluding hydrogens is 358 g/mol. The Morgan fingerprint density at radius 2 is 1.66 bits per heavy atom. The fraction of sp³-hybridized carbons (Fsp3) is 0.440. The van der Waals surface area contributed by atoms with Crippen molar-refractivity contribution in [1.29, 1.82) is 0 Å². The number of unbranched alkanes of at least 4 members (excludes halogenated alkanes) is 5. The summed E-state index contributed by atoms with van der Waals surface area (Å²) in [7, 11) is 0. The number of para-hydroxylation sites is 2. The van der Waals surface area contributed by atoms with Crippen molar-refractivity contribution >= 4 is 16.9 Å². The van der Waals surface area contributed by atoms with Crippen molar-refractivity contribution < 1.29 is 4.79 Å². The van der Waals surface area contributed by atoms with Crippen LogP contribution >= 0.6 is 0 Å². The number of benzene rings is 2. The van der Waals surface area contributed by atoms with Crippen molar-refractivity contribution in [3.05, 3.63) is 66.0 Å². The lowest BCUT2D eigenvalue weighted by Crippen LogP contribution is -2.30. The molecule has 0 aliphatic heterocycles. The van der Waals surface area contributed by atoms with Gasteiger partial charge >= 0.3 is 0 Å². The van der Waals surface area contributed by atoms with Crippen LogP contribution in [0.15, 0.2) is 54.6 Å². The van der Waals surface area contributed by atoms with Crippen LogP contribution in [0.25, 0.3) is 11.0 Å². The molecule has 1 heterocycles. The van der Waals surface area contributed by atoms with Crippen molar-refractivity contribution in [2.75, 3.05) is 0 Å². The van der Waals surface area contributed by atoms with Crippen molar-refractivity contribution in [3.8, 4) is 0 Å². The van der Waals surface area contributed by atoms with Gasteiger partial charge in [-0.2, -0.15) is 0 Å². The number of amides is 1. The third kappa shape index (κ3) is 5.93. The first-order chi connectivity index (χ1) is 14.2. The fourth-order valence-corrected chi connectivity index (χ4v) is 3.85. The first-order valence-electron chi connectivity index (χ1n) is 11.0. The molecule has 4 nitrogen and oxygen atoms in total. The van der Waals surface area contributed by atoms with Crippen LogP contribution in [0.3, 0.4) is 0 Å². The van der Waals surface area contributed by atoms with Gasteiger partial charge in [0.15, 0.2) is 0 Å². The van der Waals surface area contributed by atoms with E-state index in [1.54, 1.807) is 0 Å². The number of nitrogens with one attached hydrogen (secondary N) is 1. The van der Waals surface area contributed by atoms with Gasteiger partial charge < -0.3 is 9.88 Å². The molecule has 0 saturated carbocycles. The number of imidazole rings is 1. The van der Waals surface area contributed by atoms with E-state index >= 15 is 0 Å². The Morgan fingerprint density at radius 3 is 2.45 bits per heavy atom. The van der Waals surface area contributed by atoms with Crippen LogP contribution < -0.4 is 5.32 Å². The first kappa shape index (κ1) is 21.1.